The Morgan fingerprint density at radius 2 is 1.61 bits per heavy atom. The van der Waals surface area contributed by atoms with Crippen molar-refractivity contribution in [1.29, 1.82) is 0 Å². The van der Waals surface area contributed by atoms with Crippen LogP contribution in [0.4, 0.5) is 0 Å². The van der Waals surface area contributed by atoms with E-state index in [-0.39, 0.29) is 5.76 Å². The van der Waals surface area contributed by atoms with Crippen LogP contribution < -0.4 is 5.32 Å². The van der Waals surface area contributed by atoms with Crippen LogP contribution in [0.1, 0.15) is 32.0 Å². The topological polar surface area (TPSA) is 85.6 Å². The number of furan rings is 1. The number of aryl methyl sites for hydroxylation is 2. The van der Waals surface area contributed by atoms with E-state index in [1.54, 1.807) is 12.1 Å². The molecule has 2 amide bonds. The van der Waals surface area contributed by atoms with E-state index in [0.717, 1.165) is 12.0 Å². The van der Waals surface area contributed by atoms with E-state index in [4.69, 9.17) is 9.15 Å². The lowest BCUT2D eigenvalue weighted by molar-refractivity contribution is -0.123. The maximum Gasteiger partial charge on any atom is 0.338 e. The highest BCUT2D eigenvalue weighted by molar-refractivity contribution is 6.04. The minimum Gasteiger partial charge on any atom is -0.459 e. The van der Waals surface area contributed by atoms with E-state index >= 15 is 0 Å². The molecule has 142 valence electrons. The molecule has 1 aromatic heterocycles. The van der Waals surface area contributed by atoms with Gasteiger partial charge in [0.1, 0.15) is 0 Å². The summed E-state index contributed by atoms with van der Waals surface area (Å²) < 4.78 is 9.97. The fourth-order valence-corrected chi connectivity index (χ4v) is 2.70. The van der Waals surface area contributed by atoms with Crippen LogP contribution in [0.15, 0.2) is 77.4 Å². The normalized spacial score (nSPS) is 10.3. The predicted molar refractivity (Wildman–Crippen MR) is 102 cm³/mol. The summed E-state index contributed by atoms with van der Waals surface area (Å²) in [6.07, 6.45) is 2.77. The third-order valence-electron chi connectivity index (χ3n) is 4.10. The van der Waals surface area contributed by atoms with Crippen LogP contribution in [0, 0.1) is 0 Å². The van der Waals surface area contributed by atoms with Crippen molar-refractivity contribution in [2.75, 3.05) is 6.61 Å². The van der Waals surface area contributed by atoms with Crippen molar-refractivity contribution in [3.05, 3.63) is 95.4 Å². The third kappa shape index (κ3) is 5.17. The Bertz CT molecular complexity index is 948. The number of hydrogen-bond acceptors (Lipinski definition) is 5. The first-order valence-electron chi connectivity index (χ1n) is 8.80. The van der Waals surface area contributed by atoms with Gasteiger partial charge >= 0.3 is 5.97 Å². The van der Waals surface area contributed by atoms with Crippen LogP contribution in [-0.4, -0.2) is 24.4 Å². The summed E-state index contributed by atoms with van der Waals surface area (Å²) in [5.41, 5.74) is 2.41. The molecule has 28 heavy (non-hydrogen) atoms. The summed E-state index contributed by atoms with van der Waals surface area (Å²) in [6.45, 7) is -0.557. The number of nitrogens with one attached hydrogen (secondary N) is 1. The van der Waals surface area contributed by atoms with Crippen molar-refractivity contribution in [2.45, 2.75) is 12.8 Å². The van der Waals surface area contributed by atoms with Crippen LogP contribution in [0.2, 0.25) is 0 Å². The van der Waals surface area contributed by atoms with Gasteiger partial charge in [-0.2, -0.15) is 0 Å². The summed E-state index contributed by atoms with van der Waals surface area (Å²) in [6, 6.07) is 20.0. The SMILES string of the molecule is O=C(COC(=O)c1ccccc1CCc1ccccc1)NC(=O)c1ccco1. The fourth-order valence-electron chi connectivity index (χ4n) is 2.70. The average Bonchev–Trinajstić information content (AvgIpc) is 3.26. The number of carbonyl (C=O) groups is 3. The van der Waals surface area contributed by atoms with Crippen molar-refractivity contribution in [3.63, 3.8) is 0 Å². The number of carbonyl (C=O) groups excluding carboxylic acids is 3. The zero-order valence-electron chi connectivity index (χ0n) is 15.1. The van der Waals surface area contributed by atoms with Gasteiger partial charge in [0.05, 0.1) is 11.8 Å². The van der Waals surface area contributed by atoms with Gasteiger partial charge in [0.15, 0.2) is 12.4 Å². The quantitative estimate of drug-likeness (QED) is 0.639. The molecule has 0 fully saturated rings. The summed E-state index contributed by atoms with van der Waals surface area (Å²) in [7, 11) is 0. The number of imide groups is 1. The molecule has 3 aromatic rings. The third-order valence-corrected chi connectivity index (χ3v) is 4.10. The Balaban J connectivity index is 1.55. The van der Waals surface area contributed by atoms with Gasteiger partial charge in [-0.15, -0.1) is 0 Å². The van der Waals surface area contributed by atoms with Crippen molar-refractivity contribution < 1.29 is 23.5 Å². The van der Waals surface area contributed by atoms with Crippen molar-refractivity contribution >= 4 is 17.8 Å². The minimum atomic E-state index is -0.725. The number of esters is 1. The van der Waals surface area contributed by atoms with E-state index < -0.39 is 24.4 Å². The van der Waals surface area contributed by atoms with Gasteiger partial charge in [-0.1, -0.05) is 48.5 Å². The molecule has 0 aliphatic rings. The molecule has 0 saturated carbocycles. The maximum absolute atomic E-state index is 12.4. The summed E-state index contributed by atoms with van der Waals surface area (Å²) in [4.78, 5) is 36.0. The Hall–Kier alpha value is -3.67. The Morgan fingerprint density at radius 3 is 2.36 bits per heavy atom. The zero-order valence-corrected chi connectivity index (χ0v) is 15.1. The lowest BCUT2D eigenvalue weighted by atomic mass is 10.00. The number of benzene rings is 2. The van der Waals surface area contributed by atoms with Crippen LogP contribution in [-0.2, 0) is 22.4 Å². The Morgan fingerprint density at radius 1 is 0.857 bits per heavy atom. The van der Waals surface area contributed by atoms with Crippen molar-refractivity contribution in [2.24, 2.45) is 0 Å². The van der Waals surface area contributed by atoms with Crippen LogP contribution in [0.3, 0.4) is 0 Å². The highest BCUT2D eigenvalue weighted by Crippen LogP contribution is 2.14. The number of ether oxygens (including phenoxy) is 1. The largest absolute Gasteiger partial charge is 0.459 e. The molecule has 1 heterocycles. The van der Waals surface area contributed by atoms with E-state index in [0.29, 0.717) is 12.0 Å². The molecule has 0 aliphatic carbocycles. The lowest BCUT2D eigenvalue weighted by Crippen LogP contribution is -2.34. The fraction of sp³-hybridized carbons (Fsp3) is 0.136. The van der Waals surface area contributed by atoms with Crippen molar-refractivity contribution in [1.82, 2.24) is 5.32 Å². The van der Waals surface area contributed by atoms with Gasteiger partial charge in [0.25, 0.3) is 11.8 Å². The molecule has 3 rings (SSSR count). The molecule has 0 atom stereocenters. The van der Waals surface area contributed by atoms with E-state index in [2.05, 4.69) is 5.32 Å². The van der Waals surface area contributed by atoms with Crippen LogP contribution >= 0.6 is 0 Å². The lowest BCUT2D eigenvalue weighted by Gasteiger charge is -2.10. The van der Waals surface area contributed by atoms with E-state index in [1.807, 2.05) is 42.5 Å². The number of amides is 2. The van der Waals surface area contributed by atoms with E-state index in [9.17, 15) is 14.4 Å². The first-order valence-corrected chi connectivity index (χ1v) is 8.80. The van der Waals surface area contributed by atoms with Crippen molar-refractivity contribution in [3.8, 4) is 0 Å². The molecule has 0 radical (unpaired) electrons. The average molecular weight is 377 g/mol. The molecule has 0 spiro atoms. The number of rotatable bonds is 7. The standard InChI is InChI=1S/C22H19NO5/c24-20(23-21(25)19-11-6-14-27-19)15-28-22(26)18-10-5-4-9-17(18)13-12-16-7-2-1-3-8-16/h1-11,14H,12-13,15H2,(H,23,24,25). The first-order chi connectivity index (χ1) is 13.6. The minimum absolute atomic E-state index is 0.00549. The van der Waals surface area contributed by atoms with Gasteiger partial charge in [-0.05, 0) is 42.2 Å². The molecule has 0 aliphatic heterocycles. The van der Waals surface area contributed by atoms with Gasteiger partial charge in [-0.25, -0.2) is 4.79 Å². The summed E-state index contributed by atoms with van der Waals surface area (Å²) in [5.74, 6) is -2.01. The second kappa shape index (κ2) is 9.32. The molecule has 0 bridgehead atoms. The molecular formula is C22H19NO5. The first kappa shape index (κ1) is 19.1. The molecule has 0 unspecified atom stereocenters. The van der Waals surface area contributed by atoms with Gasteiger partial charge in [0, 0.05) is 0 Å². The molecule has 6 nitrogen and oxygen atoms in total. The van der Waals surface area contributed by atoms with Gasteiger partial charge in [-0.3, -0.25) is 14.9 Å². The molecule has 6 heteroatoms. The van der Waals surface area contributed by atoms with Gasteiger partial charge < -0.3 is 9.15 Å². The Kier molecular flexibility index (Phi) is 6.36. The summed E-state index contributed by atoms with van der Waals surface area (Å²) in [5, 5.41) is 2.10. The predicted octanol–water partition coefficient (Wildman–Crippen LogP) is 3.18. The number of hydrogen-bond donors (Lipinski definition) is 1. The zero-order chi connectivity index (χ0) is 19.8. The molecule has 1 N–H and O–H groups in total. The molecule has 0 saturated heterocycles. The monoisotopic (exact) mass is 377 g/mol. The molecule has 2 aromatic carbocycles. The highest BCUT2D eigenvalue weighted by atomic mass is 16.5. The highest BCUT2D eigenvalue weighted by Gasteiger charge is 2.17. The second-order valence-electron chi connectivity index (χ2n) is 6.07. The smallest absolute Gasteiger partial charge is 0.338 e. The van der Waals surface area contributed by atoms with Crippen LogP contribution in [0.5, 0.6) is 0 Å². The maximum atomic E-state index is 12.4. The second-order valence-corrected chi connectivity index (χ2v) is 6.07. The summed E-state index contributed by atoms with van der Waals surface area (Å²) >= 11 is 0. The van der Waals surface area contributed by atoms with Gasteiger partial charge in [0.2, 0.25) is 0 Å². The molecular weight excluding hydrogens is 358 g/mol. The van der Waals surface area contributed by atoms with E-state index in [1.165, 1.54) is 24.0 Å². The van der Waals surface area contributed by atoms with Crippen LogP contribution in [0.25, 0.3) is 0 Å². The Labute approximate surface area is 162 Å².